The average molecular weight is 308 g/mol. The summed E-state index contributed by atoms with van der Waals surface area (Å²) in [6.45, 7) is 1.80. The molecule has 6 nitrogen and oxygen atoms in total. The minimum atomic E-state index is -0.481. The molecule has 108 valence electrons. The summed E-state index contributed by atoms with van der Waals surface area (Å²) < 4.78 is 16.1. The molecule has 1 aliphatic heterocycles. The summed E-state index contributed by atoms with van der Waals surface area (Å²) in [6.07, 6.45) is 0. The molecule has 0 aliphatic carbocycles. The molecule has 0 saturated heterocycles. The Morgan fingerprint density at radius 1 is 1.24 bits per heavy atom. The third kappa shape index (κ3) is 2.57. The number of halogens is 1. The summed E-state index contributed by atoms with van der Waals surface area (Å²) in [5.74, 6) is 2.09. The molecule has 7 heteroatoms. The molecule has 0 N–H and O–H groups in total. The number of benzene rings is 2. The zero-order chi connectivity index (χ0) is 15.0. The number of nitrogens with zero attached hydrogens (tertiary/aromatic N) is 1. The quantitative estimate of drug-likeness (QED) is 0.631. The van der Waals surface area contributed by atoms with E-state index in [1.165, 1.54) is 12.1 Å². The Bertz CT molecular complexity index is 732. The second-order valence-electron chi connectivity index (χ2n) is 4.44. The monoisotopic (exact) mass is 307 g/mol. The molecular weight excluding hydrogens is 298 g/mol. The van der Waals surface area contributed by atoms with Gasteiger partial charge >= 0.3 is 0 Å². The normalized spacial score (nSPS) is 12.3. The van der Waals surface area contributed by atoms with Crippen LogP contribution in [0.15, 0.2) is 30.3 Å². The van der Waals surface area contributed by atoms with Gasteiger partial charge in [-0.1, -0.05) is 11.6 Å². The van der Waals surface area contributed by atoms with Gasteiger partial charge in [0, 0.05) is 17.7 Å². The van der Waals surface area contributed by atoms with Crippen LogP contribution in [0.3, 0.4) is 0 Å². The van der Waals surface area contributed by atoms with Crippen LogP contribution in [0.2, 0.25) is 5.02 Å². The number of hydrogen-bond acceptors (Lipinski definition) is 5. The van der Waals surface area contributed by atoms with Gasteiger partial charge in [0.2, 0.25) is 6.79 Å². The van der Waals surface area contributed by atoms with Crippen molar-refractivity contribution in [2.24, 2.45) is 0 Å². The second kappa shape index (κ2) is 5.14. The first-order chi connectivity index (χ1) is 10.0. The van der Waals surface area contributed by atoms with Gasteiger partial charge in [-0.3, -0.25) is 10.1 Å². The van der Waals surface area contributed by atoms with Crippen LogP contribution in [0, 0.1) is 17.0 Å². The number of rotatable bonds is 3. The van der Waals surface area contributed by atoms with Gasteiger partial charge in [-0.2, -0.15) is 0 Å². The molecule has 0 spiro atoms. The zero-order valence-corrected chi connectivity index (χ0v) is 11.7. The third-order valence-corrected chi connectivity index (χ3v) is 3.31. The summed E-state index contributed by atoms with van der Waals surface area (Å²) in [7, 11) is 0. The first-order valence-electron chi connectivity index (χ1n) is 6.06. The van der Waals surface area contributed by atoms with E-state index in [0.29, 0.717) is 28.6 Å². The summed E-state index contributed by atoms with van der Waals surface area (Å²) in [4.78, 5) is 10.4. The van der Waals surface area contributed by atoms with Gasteiger partial charge in [-0.05, 0) is 25.1 Å². The minimum Gasteiger partial charge on any atom is -0.456 e. The van der Waals surface area contributed by atoms with Crippen molar-refractivity contribution in [3.8, 4) is 23.0 Å². The van der Waals surface area contributed by atoms with Crippen molar-refractivity contribution in [2.75, 3.05) is 6.79 Å². The first kappa shape index (κ1) is 13.5. The highest BCUT2D eigenvalue weighted by Gasteiger charge is 2.17. The van der Waals surface area contributed by atoms with Crippen molar-refractivity contribution in [1.82, 2.24) is 0 Å². The number of aryl methyl sites for hydroxylation is 1. The van der Waals surface area contributed by atoms with Crippen molar-refractivity contribution < 1.29 is 19.1 Å². The summed E-state index contributed by atoms with van der Waals surface area (Å²) >= 11 is 6.03. The van der Waals surface area contributed by atoms with Crippen LogP contribution in [-0.2, 0) is 0 Å². The number of nitro groups is 1. The molecule has 1 heterocycles. The fraction of sp³-hybridized carbons (Fsp3) is 0.143. The van der Waals surface area contributed by atoms with E-state index in [4.69, 9.17) is 25.8 Å². The predicted octanol–water partition coefficient (Wildman–Crippen LogP) is 4.08. The van der Waals surface area contributed by atoms with Crippen molar-refractivity contribution in [3.63, 3.8) is 0 Å². The van der Waals surface area contributed by atoms with Crippen LogP contribution in [0.4, 0.5) is 5.69 Å². The average Bonchev–Trinajstić information content (AvgIpc) is 2.89. The summed E-state index contributed by atoms with van der Waals surface area (Å²) in [5.41, 5.74) is 0.429. The lowest BCUT2D eigenvalue weighted by atomic mass is 10.2. The molecule has 3 rings (SSSR count). The van der Waals surface area contributed by atoms with Crippen molar-refractivity contribution in [3.05, 3.63) is 51.0 Å². The zero-order valence-electron chi connectivity index (χ0n) is 11.0. The number of ether oxygens (including phenoxy) is 3. The van der Waals surface area contributed by atoms with Gasteiger partial charge in [0.15, 0.2) is 11.5 Å². The molecule has 1 aliphatic rings. The molecule has 0 unspecified atom stereocenters. The van der Waals surface area contributed by atoms with E-state index in [9.17, 15) is 10.1 Å². The molecule has 2 aromatic rings. The highest BCUT2D eigenvalue weighted by Crippen LogP contribution is 2.39. The predicted molar refractivity (Wildman–Crippen MR) is 75.5 cm³/mol. The second-order valence-corrected chi connectivity index (χ2v) is 4.85. The molecule has 0 amide bonds. The van der Waals surface area contributed by atoms with E-state index in [1.54, 1.807) is 25.1 Å². The molecule has 0 aromatic heterocycles. The van der Waals surface area contributed by atoms with Crippen molar-refractivity contribution in [1.29, 1.82) is 0 Å². The van der Waals surface area contributed by atoms with E-state index in [2.05, 4.69) is 0 Å². The van der Waals surface area contributed by atoms with Gasteiger partial charge in [0.05, 0.1) is 9.95 Å². The largest absolute Gasteiger partial charge is 0.456 e. The first-order valence-corrected chi connectivity index (χ1v) is 6.44. The van der Waals surface area contributed by atoms with E-state index in [1.807, 2.05) is 0 Å². The number of hydrogen-bond donors (Lipinski definition) is 0. The van der Waals surface area contributed by atoms with Gasteiger partial charge in [-0.25, -0.2) is 0 Å². The summed E-state index contributed by atoms with van der Waals surface area (Å²) in [6, 6.07) is 7.92. The lowest BCUT2D eigenvalue weighted by molar-refractivity contribution is -0.385. The fourth-order valence-electron chi connectivity index (χ4n) is 1.99. The highest BCUT2D eigenvalue weighted by molar-refractivity contribution is 6.32. The Hall–Kier alpha value is -2.47. The molecule has 21 heavy (non-hydrogen) atoms. The Morgan fingerprint density at radius 3 is 2.76 bits per heavy atom. The molecule has 2 aromatic carbocycles. The molecule has 0 atom stereocenters. The van der Waals surface area contributed by atoms with Crippen molar-refractivity contribution in [2.45, 2.75) is 6.92 Å². The van der Waals surface area contributed by atoms with Crippen LogP contribution in [0.25, 0.3) is 0 Å². The van der Waals surface area contributed by atoms with Gasteiger partial charge in [-0.15, -0.1) is 0 Å². The van der Waals surface area contributed by atoms with E-state index in [0.717, 1.165) is 0 Å². The molecular formula is C14H10ClNO5. The van der Waals surface area contributed by atoms with Gasteiger partial charge in [0.25, 0.3) is 5.69 Å². The standard InChI is InChI=1S/C14H10ClNO5/c1-8-4-13(10(15)6-11(8)16(17)18)21-9-2-3-12-14(5-9)20-7-19-12/h2-6H,7H2,1H3. The minimum absolute atomic E-state index is 0.0435. The lowest BCUT2D eigenvalue weighted by Crippen LogP contribution is -1.94. The third-order valence-electron chi connectivity index (χ3n) is 3.02. The Labute approximate surface area is 125 Å². The van der Waals surface area contributed by atoms with E-state index >= 15 is 0 Å². The maximum absolute atomic E-state index is 10.8. The molecule has 0 saturated carbocycles. The SMILES string of the molecule is Cc1cc(Oc2ccc3c(c2)OCO3)c(Cl)cc1[N+](=O)[O-]. The van der Waals surface area contributed by atoms with Crippen molar-refractivity contribution >= 4 is 17.3 Å². The molecule has 0 radical (unpaired) electrons. The van der Waals surface area contributed by atoms with Crippen LogP contribution in [0.5, 0.6) is 23.0 Å². The molecule has 0 fully saturated rings. The number of nitro benzene ring substituents is 1. The Balaban J connectivity index is 1.91. The fourth-order valence-corrected chi connectivity index (χ4v) is 2.18. The van der Waals surface area contributed by atoms with Crippen LogP contribution in [0.1, 0.15) is 5.56 Å². The molecule has 0 bridgehead atoms. The van der Waals surface area contributed by atoms with Crippen LogP contribution < -0.4 is 14.2 Å². The van der Waals surface area contributed by atoms with Gasteiger partial charge in [0.1, 0.15) is 11.5 Å². The Kier molecular flexibility index (Phi) is 3.31. The highest BCUT2D eigenvalue weighted by atomic mass is 35.5. The van der Waals surface area contributed by atoms with Gasteiger partial charge < -0.3 is 14.2 Å². The lowest BCUT2D eigenvalue weighted by Gasteiger charge is -2.09. The van der Waals surface area contributed by atoms with Crippen LogP contribution >= 0.6 is 11.6 Å². The smallest absolute Gasteiger partial charge is 0.274 e. The van der Waals surface area contributed by atoms with E-state index < -0.39 is 4.92 Å². The topological polar surface area (TPSA) is 70.8 Å². The van der Waals surface area contributed by atoms with Crippen LogP contribution in [-0.4, -0.2) is 11.7 Å². The summed E-state index contributed by atoms with van der Waals surface area (Å²) in [5, 5.41) is 11.0. The number of fused-ring (bicyclic) bond motifs is 1. The maximum Gasteiger partial charge on any atom is 0.274 e. The Morgan fingerprint density at radius 2 is 2.00 bits per heavy atom. The van der Waals surface area contributed by atoms with E-state index in [-0.39, 0.29) is 17.5 Å². The maximum atomic E-state index is 10.8.